The van der Waals surface area contributed by atoms with Crippen LogP contribution in [0.1, 0.15) is 11.3 Å². The molecule has 84 valence electrons. The van der Waals surface area contributed by atoms with E-state index in [1.165, 1.54) is 5.56 Å². The van der Waals surface area contributed by atoms with E-state index >= 15 is 0 Å². The second kappa shape index (κ2) is 3.70. The van der Waals surface area contributed by atoms with Crippen molar-refractivity contribution in [3.05, 3.63) is 54.1 Å². The van der Waals surface area contributed by atoms with Crippen LogP contribution in [-0.2, 0) is 0 Å². The zero-order valence-electron chi connectivity index (χ0n) is 9.88. The van der Waals surface area contributed by atoms with Gasteiger partial charge in [-0.25, -0.2) is 9.97 Å². The van der Waals surface area contributed by atoms with Crippen LogP contribution in [0, 0.1) is 13.8 Å². The summed E-state index contributed by atoms with van der Waals surface area (Å²) in [6.45, 7) is 4.09. The molecule has 0 unspecified atom stereocenters. The van der Waals surface area contributed by atoms with Gasteiger partial charge in [0.05, 0.1) is 5.69 Å². The fraction of sp³-hybridized carbons (Fsp3) is 0.143. The van der Waals surface area contributed by atoms with Gasteiger partial charge in [0, 0.05) is 17.3 Å². The van der Waals surface area contributed by atoms with E-state index in [0.29, 0.717) is 0 Å². The topological polar surface area (TPSA) is 30.7 Å². The Bertz CT molecular complexity index is 666. The highest BCUT2D eigenvalue weighted by atomic mass is 15.0. The van der Waals surface area contributed by atoms with E-state index in [2.05, 4.69) is 51.8 Å². The predicted octanol–water partition coefficient (Wildman–Crippen LogP) is 3.04. The molecular weight excluding hydrogens is 210 g/mol. The number of aromatic nitrogens is 3. The van der Waals surface area contributed by atoms with Gasteiger partial charge in [0.1, 0.15) is 12.0 Å². The van der Waals surface area contributed by atoms with Crippen LogP contribution in [0.3, 0.4) is 0 Å². The van der Waals surface area contributed by atoms with Gasteiger partial charge in [-0.3, -0.25) is 0 Å². The summed E-state index contributed by atoms with van der Waals surface area (Å²) >= 11 is 0. The van der Waals surface area contributed by atoms with Gasteiger partial charge in [-0.05, 0) is 32.0 Å². The van der Waals surface area contributed by atoms with Crippen molar-refractivity contribution in [2.24, 2.45) is 0 Å². The van der Waals surface area contributed by atoms with Crippen molar-refractivity contribution < 1.29 is 0 Å². The molecule has 17 heavy (non-hydrogen) atoms. The maximum absolute atomic E-state index is 4.35. The first-order valence-electron chi connectivity index (χ1n) is 5.61. The third kappa shape index (κ3) is 1.60. The molecule has 2 aromatic heterocycles. The molecule has 3 aromatic rings. The Morgan fingerprint density at radius 2 is 1.71 bits per heavy atom. The molecule has 0 amide bonds. The van der Waals surface area contributed by atoms with Gasteiger partial charge >= 0.3 is 0 Å². The molecule has 0 atom stereocenters. The molecule has 0 aliphatic carbocycles. The first kappa shape index (κ1) is 10.0. The van der Waals surface area contributed by atoms with Gasteiger partial charge in [0.2, 0.25) is 0 Å². The van der Waals surface area contributed by atoms with Gasteiger partial charge < -0.3 is 4.57 Å². The van der Waals surface area contributed by atoms with Crippen LogP contribution < -0.4 is 0 Å². The standard InChI is InChI=1S/C14H13N3/c1-10-3-5-12(6-4-10)17-8-7-13-11(2)15-9-16-14(13)17/h3-9H,1-2H3. The fourth-order valence-corrected chi connectivity index (χ4v) is 1.99. The lowest BCUT2D eigenvalue weighted by Gasteiger charge is -2.05. The minimum absolute atomic E-state index is 0.960. The van der Waals surface area contributed by atoms with Crippen molar-refractivity contribution >= 4 is 11.0 Å². The molecule has 2 heterocycles. The first-order valence-corrected chi connectivity index (χ1v) is 5.61. The highest BCUT2D eigenvalue weighted by Gasteiger charge is 2.06. The van der Waals surface area contributed by atoms with Crippen LogP contribution in [0.2, 0.25) is 0 Å². The first-order chi connectivity index (χ1) is 8.25. The average molecular weight is 223 g/mol. The number of rotatable bonds is 1. The van der Waals surface area contributed by atoms with Crippen LogP contribution in [0.15, 0.2) is 42.9 Å². The number of aryl methyl sites for hydroxylation is 2. The third-order valence-electron chi connectivity index (χ3n) is 2.99. The number of hydrogen-bond donors (Lipinski definition) is 0. The van der Waals surface area contributed by atoms with E-state index in [-0.39, 0.29) is 0 Å². The molecule has 0 bridgehead atoms. The molecule has 0 N–H and O–H groups in total. The number of fused-ring (bicyclic) bond motifs is 1. The summed E-state index contributed by atoms with van der Waals surface area (Å²) in [5.41, 5.74) is 4.36. The Morgan fingerprint density at radius 1 is 0.941 bits per heavy atom. The Labute approximate surface area is 99.8 Å². The van der Waals surface area contributed by atoms with Gasteiger partial charge in [0.15, 0.2) is 0 Å². The average Bonchev–Trinajstić information content (AvgIpc) is 2.75. The van der Waals surface area contributed by atoms with E-state index < -0.39 is 0 Å². The molecule has 3 heteroatoms. The quantitative estimate of drug-likeness (QED) is 0.634. The van der Waals surface area contributed by atoms with Crippen LogP contribution >= 0.6 is 0 Å². The third-order valence-corrected chi connectivity index (χ3v) is 2.99. The summed E-state index contributed by atoms with van der Waals surface area (Å²) in [5, 5.41) is 1.10. The molecule has 0 saturated heterocycles. The summed E-state index contributed by atoms with van der Waals surface area (Å²) < 4.78 is 2.09. The lowest BCUT2D eigenvalue weighted by molar-refractivity contribution is 1.06. The Balaban J connectivity index is 2.24. The van der Waals surface area contributed by atoms with E-state index in [0.717, 1.165) is 22.4 Å². The molecule has 3 nitrogen and oxygen atoms in total. The van der Waals surface area contributed by atoms with Crippen LogP contribution in [0.4, 0.5) is 0 Å². The van der Waals surface area contributed by atoms with E-state index in [4.69, 9.17) is 0 Å². The van der Waals surface area contributed by atoms with Crippen molar-refractivity contribution in [1.29, 1.82) is 0 Å². The zero-order chi connectivity index (χ0) is 11.8. The largest absolute Gasteiger partial charge is 0.301 e. The van der Waals surface area contributed by atoms with Crippen LogP contribution in [-0.4, -0.2) is 14.5 Å². The summed E-state index contributed by atoms with van der Waals surface area (Å²) in [6, 6.07) is 10.5. The monoisotopic (exact) mass is 223 g/mol. The number of benzene rings is 1. The van der Waals surface area contributed by atoms with Gasteiger partial charge in [-0.15, -0.1) is 0 Å². The Kier molecular flexibility index (Phi) is 2.18. The van der Waals surface area contributed by atoms with Gasteiger partial charge in [-0.1, -0.05) is 17.7 Å². The smallest absolute Gasteiger partial charge is 0.148 e. The second-order valence-corrected chi connectivity index (χ2v) is 4.22. The Hall–Kier alpha value is -2.16. The summed E-state index contributed by atoms with van der Waals surface area (Å²) in [6.07, 6.45) is 3.65. The summed E-state index contributed by atoms with van der Waals surface area (Å²) in [5.74, 6) is 0. The molecule has 3 rings (SSSR count). The van der Waals surface area contributed by atoms with Crippen molar-refractivity contribution in [2.75, 3.05) is 0 Å². The maximum atomic E-state index is 4.35. The van der Waals surface area contributed by atoms with Gasteiger partial charge in [-0.2, -0.15) is 0 Å². The fourth-order valence-electron chi connectivity index (χ4n) is 1.99. The molecule has 0 saturated carbocycles. The molecule has 0 aliphatic rings. The van der Waals surface area contributed by atoms with Crippen molar-refractivity contribution in [3.8, 4) is 5.69 Å². The number of hydrogen-bond acceptors (Lipinski definition) is 2. The summed E-state index contributed by atoms with van der Waals surface area (Å²) in [4.78, 5) is 8.56. The second-order valence-electron chi connectivity index (χ2n) is 4.22. The molecule has 0 radical (unpaired) electrons. The maximum Gasteiger partial charge on any atom is 0.148 e. The highest BCUT2D eigenvalue weighted by molar-refractivity contribution is 5.80. The van der Waals surface area contributed by atoms with E-state index in [1.807, 2.05) is 13.1 Å². The predicted molar refractivity (Wildman–Crippen MR) is 68.3 cm³/mol. The molecule has 1 aromatic carbocycles. The van der Waals surface area contributed by atoms with Crippen molar-refractivity contribution in [3.63, 3.8) is 0 Å². The lowest BCUT2D eigenvalue weighted by atomic mass is 10.2. The van der Waals surface area contributed by atoms with Crippen LogP contribution in [0.25, 0.3) is 16.7 Å². The number of nitrogens with zero attached hydrogens (tertiary/aromatic N) is 3. The van der Waals surface area contributed by atoms with Crippen molar-refractivity contribution in [2.45, 2.75) is 13.8 Å². The molecule has 0 aliphatic heterocycles. The van der Waals surface area contributed by atoms with E-state index in [9.17, 15) is 0 Å². The normalized spacial score (nSPS) is 10.9. The van der Waals surface area contributed by atoms with Crippen molar-refractivity contribution in [1.82, 2.24) is 14.5 Å². The van der Waals surface area contributed by atoms with E-state index in [1.54, 1.807) is 6.33 Å². The lowest BCUT2D eigenvalue weighted by Crippen LogP contribution is -1.94. The Morgan fingerprint density at radius 3 is 2.47 bits per heavy atom. The van der Waals surface area contributed by atoms with Gasteiger partial charge in [0.25, 0.3) is 0 Å². The van der Waals surface area contributed by atoms with Crippen LogP contribution in [0.5, 0.6) is 0 Å². The summed E-state index contributed by atoms with van der Waals surface area (Å²) in [7, 11) is 0. The molecule has 0 fully saturated rings. The zero-order valence-corrected chi connectivity index (χ0v) is 9.88. The SMILES string of the molecule is Cc1ccc(-n2ccc3c(C)ncnc32)cc1. The molecular formula is C14H13N3. The minimum Gasteiger partial charge on any atom is -0.301 e. The minimum atomic E-state index is 0.960. The molecule has 0 spiro atoms. The highest BCUT2D eigenvalue weighted by Crippen LogP contribution is 2.20.